The zero-order valence-electron chi connectivity index (χ0n) is 23.4. The average Bonchev–Trinajstić information content (AvgIpc) is 3.20. The van der Waals surface area contributed by atoms with Crippen LogP contribution in [-0.2, 0) is 18.5 Å². The minimum Gasteiger partial charge on any atom is -0.494 e. The number of hydrogen-bond donors (Lipinski definition) is 1. The van der Waals surface area contributed by atoms with Gasteiger partial charge in [-0.25, -0.2) is 0 Å². The molecule has 3 atom stereocenters. The highest BCUT2D eigenvalue weighted by Crippen LogP contribution is 2.55. The molecular formula is C33H44N2O4. The third-order valence-corrected chi connectivity index (χ3v) is 9.20. The van der Waals surface area contributed by atoms with Crippen molar-refractivity contribution in [3.8, 4) is 17.2 Å². The van der Waals surface area contributed by atoms with Crippen molar-refractivity contribution in [3.63, 3.8) is 0 Å². The predicted molar refractivity (Wildman–Crippen MR) is 154 cm³/mol. The zero-order chi connectivity index (χ0) is 26.7. The molecular weight excluding hydrogens is 488 g/mol. The summed E-state index contributed by atoms with van der Waals surface area (Å²) >= 11 is 0. The van der Waals surface area contributed by atoms with E-state index in [0.29, 0.717) is 6.42 Å². The highest BCUT2D eigenvalue weighted by Gasteiger charge is 2.52. The number of hydrogen-bond acceptors (Lipinski definition) is 6. The van der Waals surface area contributed by atoms with Crippen molar-refractivity contribution in [2.75, 3.05) is 39.9 Å². The second-order valence-electron chi connectivity index (χ2n) is 11.9. The van der Waals surface area contributed by atoms with Crippen LogP contribution in [0.1, 0.15) is 68.1 Å². The van der Waals surface area contributed by atoms with Crippen molar-refractivity contribution in [2.24, 2.45) is 0 Å². The van der Waals surface area contributed by atoms with Crippen LogP contribution in [0.2, 0.25) is 0 Å². The van der Waals surface area contributed by atoms with Crippen LogP contribution in [0.3, 0.4) is 0 Å². The molecule has 0 saturated carbocycles. The third-order valence-electron chi connectivity index (χ3n) is 9.20. The van der Waals surface area contributed by atoms with Crippen molar-refractivity contribution in [1.29, 1.82) is 0 Å². The van der Waals surface area contributed by atoms with Crippen molar-refractivity contribution in [1.82, 2.24) is 9.80 Å². The van der Waals surface area contributed by atoms with Crippen LogP contribution < -0.4 is 14.2 Å². The molecule has 39 heavy (non-hydrogen) atoms. The molecule has 3 aliphatic heterocycles. The maximum absolute atomic E-state index is 10.3. The smallest absolute Gasteiger partial charge is 0.166 e. The van der Waals surface area contributed by atoms with Gasteiger partial charge in [0.05, 0.1) is 25.2 Å². The monoisotopic (exact) mass is 532 g/mol. The molecule has 6 nitrogen and oxygen atoms in total. The molecule has 2 aromatic rings. The molecule has 4 aliphatic rings. The Kier molecular flexibility index (Phi) is 8.14. The number of ether oxygens (including phenoxy) is 3. The molecule has 1 saturated heterocycles. The fourth-order valence-corrected chi connectivity index (χ4v) is 7.06. The first-order valence-corrected chi connectivity index (χ1v) is 15.1. The fraction of sp³-hybridized carbons (Fsp3) is 0.576. The van der Waals surface area contributed by atoms with E-state index in [9.17, 15) is 5.11 Å². The topological polar surface area (TPSA) is 54.4 Å². The minimum absolute atomic E-state index is 0.0292. The lowest BCUT2D eigenvalue weighted by molar-refractivity contribution is 0.0809. The third kappa shape index (κ3) is 5.70. The quantitative estimate of drug-likeness (QED) is 0.324. The number of benzene rings is 2. The molecule has 0 aromatic heterocycles. The van der Waals surface area contributed by atoms with Gasteiger partial charge in [0.25, 0.3) is 0 Å². The second-order valence-corrected chi connectivity index (χ2v) is 11.9. The fourth-order valence-electron chi connectivity index (χ4n) is 7.06. The summed E-state index contributed by atoms with van der Waals surface area (Å²) in [5.41, 5.74) is 3.84. The summed E-state index contributed by atoms with van der Waals surface area (Å²) in [5.74, 6) is 2.67. The highest BCUT2D eigenvalue weighted by molar-refractivity contribution is 5.61. The number of unbranched alkanes of at least 4 members (excludes halogenated alkanes) is 2. The van der Waals surface area contributed by atoms with Gasteiger partial charge in [-0.1, -0.05) is 36.8 Å². The van der Waals surface area contributed by atoms with Crippen LogP contribution in [0.15, 0.2) is 48.6 Å². The molecule has 210 valence electrons. The summed E-state index contributed by atoms with van der Waals surface area (Å²) in [5, 5.41) is 10.3. The van der Waals surface area contributed by atoms with E-state index in [4.69, 9.17) is 14.2 Å². The van der Waals surface area contributed by atoms with E-state index in [-0.39, 0.29) is 11.5 Å². The Balaban J connectivity index is 0.978. The number of methoxy groups -OCH3 is 1. The van der Waals surface area contributed by atoms with Crippen LogP contribution in [0.4, 0.5) is 0 Å². The van der Waals surface area contributed by atoms with Gasteiger partial charge in [-0.15, -0.1) is 0 Å². The Hall–Kier alpha value is -2.54. The molecule has 0 radical (unpaired) electrons. The lowest BCUT2D eigenvalue weighted by atomic mass is 9.69. The average molecular weight is 533 g/mol. The number of aliphatic hydroxyl groups excluding tert-OH is 1. The van der Waals surface area contributed by atoms with Crippen molar-refractivity contribution >= 4 is 0 Å². The summed E-state index contributed by atoms with van der Waals surface area (Å²) in [7, 11) is 1.71. The number of rotatable bonds is 10. The zero-order valence-corrected chi connectivity index (χ0v) is 23.4. The molecule has 0 amide bonds. The van der Waals surface area contributed by atoms with Crippen LogP contribution in [0.5, 0.6) is 17.2 Å². The Morgan fingerprint density at radius 1 is 0.974 bits per heavy atom. The molecule has 3 heterocycles. The summed E-state index contributed by atoms with van der Waals surface area (Å²) < 4.78 is 18.2. The summed E-state index contributed by atoms with van der Waals surface area (Å²) in [6.07, 6.45) is 12.8. The Labute approximate surface area is 233 Å². The number of piperidine rings is 1. The number of likely N-dealkylation sites (tertiary alicyclic amines) is 1. The normalized spacial score (nSPS) is 26.4. The van der Waals surface area contributed by atoms with Crippen molar-refractivity contribution in [2.45, 2.75) is 82.1 Å². The molecule has 2 aromatic carbocycles. The molecule has 1 aliphatic carbocycles. The Morgan fingerprint density at radius 2 is 1.82 bits per heavy atom. The summed E-state index contributed by atoms with van der Waals surface area (Å²) in [4.78, 5) is 5.15. The van der Waals surface area contributed by atoms with E-state index in [0.717, 1.165) is 75.7 Å². The molecule has 6 rings (SSSR count). The van der Waals surface area contributed by atoms with Crippen LogP contribution in [0.25, 0.3) is 0 Å². The lowest BCUT2D eigenvalue weighted by Gasteiger charge is -2.35. The number of nitrogens with zero attached hydrogens (tertiary/aromatic N) is 2. The van der Waals surface area contributed by atoms with Gasteiger partial charge in [-0.2, -0.15) is 0 Å². The van der Waals surface area contributed by atoms with Crippen LogP contribution >= 0.6 is 0 Å². The second kappa shape index (κ2) is 11.9. The van der Waals surface area contributed by atoms with Crippen LogP contribution in [0, 0.1) is 0 Å². The standard InChI is InChI=1S/C33H44N2O4/c1-37-29-13-10-26-24-35(20-16-33-15-14-27(36)22-30(33)39-32(29)31(26)33)19-6-3-7-21-38-28-11-8-25(9-12-28)23-34-17-4-2-5-18-34/h8-15,27,30,36H,2-7,16-24H2,1H3/t27-,30-,33-/m0/s1. The molecule has 1 N–H and O–H groups in total. The SMILES string of the molecule is COc1ccc2c3c1O[C@H]1C[C@@H](O)C=C[C@@]31CCN(CCCCCOc1ccc(CN3CCCCC3)cc1)C2. The van der Waals surface area contributed by atoms with Crippen molar-refractivity contribution < 1.29 is 19.3 Å². The van der Waals surface area contributed by atoms with Gasteiger partial charge >= 0.3 is 0 Å². The van der Waals surface area contributed by atoms with E-state index in [1.165, 1.54) is 49.0 Å². The van der Waals surface area contributed by atoms with E-state index in [1.54, 1.807) is 7.11 Å². The lowest BCUT2D eigenvalue weighted by Crippen LogP contribution is -2.43. The van der Waals surface area contributed by atoms with E-state index >= 15 is 0 Å². The first-order valence-electron chi connectivity index (χ1n) is 15.1. The molecule has 0 bridgehead atoms. The van der Waals surface area contributed by atoms with E-state index in [1.807, 2.05) is 12.1 Å². The molecule has 0 unspecified atom stereocenters. The van der Waals surface area contributed by atoms with Gasteiger partial charge in [0.2, 0.25) is 0 Å². The van der Waals surface area contributed by atoms with Gasteiger partial charge in [0, 0.05) is 25.1 Å². The van der Waals surface area contributed by atoms with Gasteiger partial charge in [0.15, 0.2) is 11.5 Å². The van der Waals surface area contributed by atoms with Crippen LogP contribution in [-0.4, -0.2) is 67.0 Å². The van der Waals surface area contributed by atoms with Gasteiger partial charge in [-0.3, -0.25) is 9.80 Å². The molecule has 1 fully saturated rings. The van der Waals surface area contributed by atoms with E-state index in [2.05, 4.69) is 46.2 Å². The first-order chi connectivity index (χ1) is 19.1. The molecule has 1 spiro atoms. The maximum atomic E-state index is 10.3. The number of aliphatic hydroxyl groups is 1. The predicted octanol–water partition coefficient (Wildman–Crippen LogP) is 5.46. The van der Waals surface area contributed by atoms with E-state index < -0.39 is 6.10 Å². The van der Waals surface area contributed by atoms with Gasteiger partial charge in [0.1, 0.15) is 11.9 Å². The summed E-state index contributed by atoms with van der Waals surface area (Å²) in [6, 6.07) is 13.0. The minimum atomic E-state index is -0.441. The maximum Gasteiger partial charge on any atom is 0.166 e. The Morgan fingerprint density at radius 3 is 2.64 bits per heavy atom. The van der Waals surface area contributed by atoms with Gasteiger partial charge in [-0.05, 0) is 94.0 Å². The molecule has 6 heteroatoms. The Bertz CT molecular complexity index is 1140. The summed E-state index contributed by atoms with van der Waals surface area (Å²) in [6.45, 7) is 7.33. The van der Waals surface area contributed by atoms with Gasteiger partial charge < -0.3 is 19.3 Å². The largest absolute Gasteiger partial charge is 0.494 e. The highest BCUT2D eigenvalue weighted by atomic mass is 16.5. The van der Waals surface area contributed by atoms with Crippen molar-refractivity contribution in [3.05, 3.63) is 65.2 Å². The first kappa shape index (κ1) is 26.7.